The highest BCUT2D eigenvalue weighted by Gasteiger charge is 2.09. The van der Waals surface area contributed by atoms with Crippen molar-refractivity contribution in [2.75, 3.05) is 5.32 Å². The van der Waals surface area contributed by atoms with Crippen LogP contribution in [0.4, 0.5) is 5.82 Å². The molecule has 16 heavy (non-hydrogen) atoms. The highest BCUT2D eigenvalue weighted by molar-refractivity contribution is 6.29. The highest BCUT2D eigenvalue weighted by atomic mass is 35.5. The van der Waals surface area contributed by atoms with E-state index in [9.17, 15) is 4.79 Å². The Hall–Kier alpha value is -1.95. The molecule has 2 aromatic rings. The van der Waals surface area contributed by atoms with Crippen molar-refractivity contribution in [2.45, 2.75) is 6.92 Å². The first-order valence-corrected chi connectivity index (χ1v) is 4.85. The highest BCUT2D eigenvalue weighted by Crippen LogP contribution is 2.07. The molecular formula is C9H8ClN5O. The molecule has 0 spiro atoms. The second-order valence-electron chi connectivity index (χ2n) is 3.13. The zero-order valence-electron chi connectivity index (χ0n) is 8.36. The molecule has 2 N–H and O–H groups in total. The van der Waals surface area contributed by atoms with Gasteiger partial charge in [-0.2, -0.15) is 5.10 Å². The fourth-order valence-corrected chi connectivity index (χ4v) is 1.20. The van der Waals surface area contributed by atoms with Crippen LogP contribution in [0.15, 0.2) is 18.2 Å². The maximum atomic E-state index is 11.6. The van der Waals surface area contributed by atoms with E-state index in [1.165, 1.54) is 12.1 Å². The molecule has 2 aromatic heterocycles. The molecule has 0 aliphatic rings. The van der Waals surface area contributed by atoms with Crippen molar-refractivity contribution in [3.8, 4) is 0 Å². The van der Waals surface area contributed by atoms with E-state index in [1.807, 2.05) is 6.92 Å². The SMILES string of the molecule is Cc1cc(NC(=O)c2ccc(Cl)nn2)n[nH]1. The van der Waals surface area contributed by atoms with E-state index in [4.69, 9.17) is 11.6 Å². The Morgan fingerprint density at radius 1 is 1.44 bits per heavy atom. The van der Waals surface area contributed by atoms with Gasteiger partial charge in [0.25, 0.3) is 5.91 Å². The molecule has 82 valence electrons. The Bertz CT molecular complexity index is 507. The fourth-order valence-electron chi connectivity index (χ4n) is 1.10. The zero-order chi connectivity index (χ0) is 11.5. The Morgan fingerprint density at radius 3 is 2.81 bits per heavy atom. The molecule has 0 saturated carbocycles. The summed E-state index contributed by atoms with van der Waals surface area (Å²) in [4.78, 5) is 11.6. The number of carbonyl (C=O) groups excluding carboxylic acids is 1. The Kier molecular flexibility index (Phi) is 2.82. The van der Waals surface area contributed by atoms with Crippen LogP contribution < -0.4 is 5.32 Å². The van der Waals surface area contributed by atoms with E-state index in [-0.39, 0.29) is 16.8 Å². The molecule has 1 amide bonds. The number of H-pyrrole nitrogens is 1. The van der Waals surface area contributed by atoms with Crippen LogP contribution in [0.5, 0.6) is 0 Å². The molecule has 0 radical (unpaired) electrons. The molecule has 6 nitrogen and oxygen atoms in total. The van der Waals surface area contributed by atoms with Crippen LogP contribution in [-0.4, -0.2) is 26.3 Å². The second kappa shape index (κ2) is 4.28. The van der Waals surface area contributed by atoms with Crippen molar-refractivity contribution in [3.05, 3.63) is 34.7 Å². The number of nitrogens with one attached hydrogen (secondary N) is 2. The monoisotopic (exact) mass is 237 g/mol. The molecule has 0 aromatic carbocycles. The van der Waals surface area contributed by atoms with E-state index in [2.05, 4.69) is 25.7 Å². The van der Waals surface area contributed by atoms with Crippen LogP contribution in [0.2, 0.25) is 5.15 Å². The molecule has 2 rings (SSSR count). The minimum absolute atomic E-state index is 0.185. The third kappa shape index (κ3) is 2.34. The topological polar surface area (TPSA) is 83.6 Å². The number of aryl methyl sites for hydroxylation is 1. The van der Waals surface area contributed by atoms with Gasteiger partial charge in [0.1, 0.15) is 0 Å². The molecule has 2 heterocycles. The number of carbonyl (C=O) groups is 1. The third-order valence-corrected chi connectivity index (χ3v) is 2.01. The lowest BCUT2D eigenvalue weighted by Gasteiger charge is -1.99. The maximum Gasteiger partial charge on any atom is 0.277 e. The molecule has 0 aliphatic carbocycles. The van der Waals surface area contributed by atoms with Gasteiger partial charge in [0.05, 0.1) is 0 Å². The number of nitrogens with zero attached hydrogens (tertiary/aromatic N) is 3. The van der Waals surface area contributed by atoms with Crippen molar-refractivity contribution < 1.29 is 4.79 Å². The summed E-state index contributed by atoms with van der Waals surface area (Å²) in [6.07, 6.45) is 0. The van der Waals surface area contributed by atoms with E-state index >= 15 is 0 Å². The summed E-state index contributed by atoms with van der Waals surface area (Å²) in [7, 11) is 0. The molecular weight excluding hydrogens is 230 g/mol. The van der Waals surface area contributed by atoms with E-state index < -0.39 is 0 Å². The largest absolute Gasteiger partial charge is 0.304 e. The van der Waals surface area contributed by atoms with Crippen LogP contribution in [-0.2, 0) is 0 Å². The number of aromatic nitrogens is 4. The minimum Gasteiger partial charge on any atom is -0.304 e. The van der Waals surface area contributed by atoms with Gasteiger partial charge >= 0.3 is 0 Å². The summed E-state index contributed by atoms with van der Waals surface area (Å²) in [5, 5.41) is 16.6. The number of hydrogen-bond donors (Lipinski definition) is 2. The number of aromatic amines is 1. The summed E-state index contributed by atoms with van der Waals surface area (Å²) < 4.78 is 0. The Labute approximate surface area is 96.0 Å². The Morgan fingerprint density at radius 2 is 2.25 bits per heavy atom. The molecule has 0 aliphatic heterocycles. The number of anilines is 1. The van der Waals surface area contributed by atoms with Crippen molar-refractivity contribution in [1.29, 1.82) is 0 Å². The molecule has 0 atom stereocenters. The van der Waals surface area contributed by atoms with Crippen LogP contribution >= 0.6 is 11.6 Å². The molecule has 7 heteroatoms. The van der Waals surface area contributed by atoms with Crippen LogP contribution in [0.1, 0.15) is 16.2 Å². The first-order chi connectivity index (χ1) is 7.65. The van der Waals surface area contributed by atoms with Gasteiger partial charge < -0.3 is 5.32 Å². The standard InChI is InChI=1S/C9H8ClN5O/c1-5-4-8(15-12-5)11-9(16)6-2-3-7(10)14-13-6/h2-4H,1H3,(H2,11,12,15,16). The van der Waals surface area contributed by atoms with Gasteiger partial charge in [-0.1, -0.05) is 11.6 Å². The van der Waals surface area contributed by atoms with Crippen molar-refractivity contribution in [3.63, 3.8) is 0 Å². The molecule has 0 bridgehead atoms. The van der Waals surface area contributed by atoms with Crippen molar-refractivity contribution >= 4 is 23.3 Å². The lowest BCUT2D eigenvalue weighted by Crippen LogP contribution is -2.14. The first-order valence-electron chi connectivity index (χ1n) is 4.48. The van der Waals surface area contributed by atoms with Crippen LogP contribution in [0.25, 0.3) is 0 Å². The minimum atomic E-state index is -0.379. The molecule has 0 unspecified atom stereocenters. The summed E-state index contributed by atoms with van der Waals surface area (Å²) in [6, 6.07) is 4.70. The summed E-state index contributed by atoms with van der Waals surface area (Å²) in [5.74, 6) is 0.0647. The number of hydrogen-bond acceptors (Lipinski definition) is 4. The van der Waals surface area contributed by atoms with Gasteiger partial charge in [0.2, 0.25) is 0 Å². The van der Waals surface area contributed by atoms with E-state index in [1.54, 1.807) is 6.07 Å². The zero-order valence-corrected chi connectivity index (χ0v) is 9.12. The summed E-state index contributed by atoms with van der Waals surface area (Å²) in [6.45, 7) is 1.84. The maximum absolute atomic E-state index is 11.6. The second-order valence-corrected chi connectivity index (χ2v) is 3.52. The average molecular weight is 238 g/mol. The average Bonchev–Trinajstić information content (AvgIpc) is 2.65. The fraction of sp³-hybridized carbons (Fsp3) is 0.111. The molecule has 0 saturated heterocycles. The van der Waals surface area contributed by atoms with Crippen molar-refractivity contribution in [1.82, 2.24) is 20.4 Å². The van der Waals surface area contributed by atoms with Crippen LogP contribution in [0.3, 0.4) is 0 Å². The number of amides is 1. The van der Waals surface area contributed by atoms with Gasteiger partial charge in [0, 0.05) is 11.8 Å². The van der Waals surface area contributed by atoms with Gasteiger partial charge in [-0.15, -0.1) is 10.2 Å². The van der Waals surface area contributed by atoms with Gasteiger partial charge in [-0.05, 0) is 19.1 Å². The summed E-state index contributed by atoms with van der Waals surface area (Å²) >= 11 is 5.56. The Balaban J connectivity index is 2.11. The first kappa shape index (κ1) is 10.6. The predicted octanol–water partition coefficient (Wildman–Crippen LogP) is 1.41. The van der Waals surface area contributed by atoms with E-state index in [0.29, 0.717) is 5.82 Å². The van der Waals surface area contributed by atoms with Gasteiger partial charge in [0.15, 0.2) is 16.7 Å². The number of rotatable bonds is 2. The van der Waals surface area contributed by atoms with Gasteiger partial charge in [-0.25, -0.2) is 0 Å². The lowest BCUT2D eigenvalue weighted by atomic mass is 10.3. The van der Waals surface area contributed by atoms with Crippen LogP contribution in [0, 0.1) is 6.92 Å². The van der Waals surface area contributed by atoms with E-state index in [0.717, 1.165) is 5.69 Å². The molecule has 0 fully saturated rings. The third-order valence-electron chi connectivity index (χ3n) is 1.81. The lowest BCUT2D eigenvalue weighted by molar-refractivity contribution is 0.102. The van der Waals surface area contributed by atoms with Crippen molar-refractivity contribution in [2.24, 2.45) is 0 Å². The van der Waals surface area contributed by atoms with Gasteiger partial charge in [-0.3, -0.25) is 9.89 Å². The quantitative estimate of drug-likeness (QED) is 0.827. The number of halogens is 1. The predicted molar refractivity (Wildman–Crippen MR) is 58.3 cm³/mol. The smallest absolute Gasteiger partial charge is 0.277 e. The summed E-state index contributed by atoms with van der Waals surface area (Å²) in [5.41, 5.74) is 1.04. The normalized spacial score (nSPS) is 10.1.